The van der Waals surface area contributed by atoms with Crippen molar-refractivity contribution >= 4 is 0 Å². The highest BCUT2D eigenvalue weighted by atomic mass is 14.9. The van der Waals surface area contributed by atoms with E-state index in [-0.39, 0.29) is 0 Å². The molecule has 0 aromatic carbocycles. The van der Waals surface area contributed by atoms with Gasteiger partial charge in [0.2, 0.25) is 0 Å². The van der Waals surface area contributed by atoms with Crippen LogP contribution in [0.5, 0.6) is 0 Å². The van der Waals surface area contributed by atoms with Crippen LogP contribution in [0.15, 0.2) is 6.20 Å². The van der Waals surface area contributed by atoms with Crippen LogP contribution in [0.25, 0.3) is 0 Å². The zero-order chi connectivity index (χ0) is 11.5. The highest BCUT2D eigenvalue weighted by molar-refractivity contribution is 5.21. The van der Waals surface area contributed by atoms with Gasteiger partial charge in [-0.1, -0.05) is 19.3 Å². The van der Waals surface area contributed by atoms with E-state index in [1.54, 1.807) is 0 Å². The molecule has 0 saturated heterocycles. The number of aromatic nitrogens is 2. The maximum atomic E-state index is 4.85. The van der Waals surface area contributed by atoms with Crippen LogP contribution in [0.2, 0.25) is 0 Å². The minimum Gasteiger partial charge on any atom is -0.316 e. The highest BCUT2D eigenvalue weighted by Crippen LogP contribution is 2.30. The summed E-state index contributed by atoms with van der Waals surface area (Å²) >= 11 is 0. The Morgan fingerprint density at radius 2 is 1.88 bits per heavy atom. The molecule has 1 aromatic heterocycles. The third kappa shape index (κ3) is 2.49. The van der Waals surface area contributed by atoms with E-state index in [0.717, 1.165) is 31.8 Å². The lowest BCUT2D eigenvalue weighted by atomic mass is 9.88. The first-order valence-corrected chi connectivity index (χ1v) is 6.99. The zero-order valence-electron chi connectivity index (χ0n) is 10.4. The van der Waals surface area contributed by atoms with Crippen molar-refractivity contribution in [1.29, 1.82) is 0 Å². The summed E-state index contributed by atoms with van der Waals surface area (Å²) in [6.07, 6.45) is 10.9. The van der Waals surface area contributed by atoms with Crippen molar-refractivity contribution in [2.24, 2.45) is 0 Å². The maximum Gasteiger partial charge on any atom is 0.131 e. The lowest BCUT2D eigenvalue weighted by Gasteiger charge is -2.20. The van der Waals surface area contributed by atoms with E-state index >= 15 is 0 Å². The molecule has 2 aliphatic rings. The molecule has 3 nitrogen and oxygen atoms in total. The van der Waals surface area contributed by atoms with Crippen LogP contribution in [0.1, 0.15) is 55.1 Å². The number of fused-ring (bicyclic) bond motifs is 1. The summed E-state index contributed by atoms with van der Waals surface area (Å²) < 4.78 is 0. The largest absolute Gasteiger partial charge is 0.316 e. The second kappa shape index (κ2) is 5.13. The Morgan fingerprint density at radius 3 is 2.76 bits per heavy atom. The van der Waals surface area contributed by atoms with E-state index in [1.165, 1.54) is 43.4 Å². The fraction of sp³-hybridized carbons (Fsp3) is 0.714. The Bertz CT molecular complexity index is 383. The van der Waals surface area contributed by atoms with Gasteiger partial charge in [0.15, 0.2) is 0 Å². The van der Waals surface area contributed by atoms with Gasteiger partial charge in [0.25, 0.3) is 0 Å². The van der Waals surface area contributed by atoms with Crippen molar-refractivity contribution in [1.82, 2.24) is 15.3 Å². The Kier molecular flexibility index (Phi) is 3.36. The third-order valence-electron chi connectivity index (χ3n) is 4.05. The summed E-state index contributed by atoms with van der Waals surface area (Å²) in [5.74, 6) is 1.75. The molecule has 0 amide bonds. The summed E-state index contributed by atoms with van der Waals surface area (Å²) in [4.78, 5) is 9.46. The van der Waals surface area contributed by atoms with Crippen molar-refractivity contribution in [3.63, 3.8) is 0 Å². The topological polar surface area (TPSA) is 37.8 Å². The van der Waals surface area contributed by atoms with Crippen molar-refractivity contribution in [2.75, 3.05) is 13.1 Å². The van der Waals surface area contributed by atoms with Crippen LogP contribution in [0, 0.1) is 0 Å². The molecule has 1 saturated carbocycles. The molecule has 1 N–H and O–H groups in total. The predicted octanol–water partition coefficient (Wildman–Crippen LogP) is 2.21. The molecule has 1 fully saturated rings. The molecule has 1 aliphatic heterocycles. The van der Waals surface area contributed by atoms with Crippen LogP contribution < -0.4 is 5.32 Å². The second-order valence-corrected chi connectivity index (χ2v) is 5.29. The van der Waals surface area contributed by atoms with Crippen molar-refractivity contribution < 1.29 is 0 Å². The molecule has 92 valence electrons. The minimum absolute atomic E-state index is 0.630. The molecule has 0 spiro atoms. The van der Waals surface area contributed by atoms with Gasteiger partial charge in [-0.25, -0.2) is 9.97 Å². The van der Waals surface area contributed by atoms with E-state index in [1.807, 2.05) is 0 Å². The van der Waals surface area contributed by atoms with Crippen LogP contribution in [-0.4, -0.2) is 23.1 Å². The minimum atomic E-state index is 0.630. The molecule has 0 radical (unpaired) electrons. The molecule has 1 aromatic rings. The lowest BCUT2D eigenvalue weighted by molar-refractivity contribution is 0.427. The molecule has 17 heavy (non-hydrogen) atoms. The van der Waals surface area contributed by atoms with Crippen LogP contribution >= 0.6 is 0 Å². The summed E-state index contributed by atoms with van der Waals surface area (Å²) in [6, 6.07) is 0. The zero-order valence-corrected chi connectivity index (χ0v) is 10.4. The van der Waals surface area contributed by atoms with Gasteiger partial charge < -0.3 is 5.32 Å². The number of hydrogen-bond acceptors (Lipinski definition) is 3. The van der Waals surface area contributed by atoms with Gasteiger partial charge in [0.05, 0.1) is 0 Å². The molecule has 0 atom stereocenters. The summed E-state index contributed by atoms with van der Waals surface area (Å²) in [5.41, 5.74) is 2.65. The lowest BCUT2D eigenvalue weighted by Crippen LogP contribution is -2.16. The summed E-state index contributed by atoms with van der Waals surface area (Å²) in [5, 5.41) is 3.43. The number of rotatable bonds is 1. The normalized spacial score (nSPS) is 21.9. The van der Waals surface area contributed by atoms with E-state index in [4.69, 9.17) is 4.98 Å². The maximum absolute atomic E-state index is 4.85. The van der Waals surface area contributed by atoms with Gasteiger partial charge in [-0.3, -0.25) is 0 Å². The van der Waals surface area contributed by atoms with Crippen LogP contribution in [0.3, 0.4) is 0 Å². The quantitative estimate of drug-likeness (QED) is 0.805. The Hall–Kier alpha value is -0.960. The average molecular weight is 231 g/mol. The molecular weight excluding hydrogens is 210 g/mol. The van der Waals surface area contributed by atoms with Gasteiger partial charge in [0.1, 0.15) is 5.82 Å². The fourth-order valence-corrected chi connectivity index (χ4v) is 3.00. The van der Waals surface area contributed by atoms with E-state index in [9.17, 15) is 0 Å². The van der Waals surface area contributed by atoms with Crippen molar-refractivity contribution in [3.05, 3.63) is 23.3 Å². The third-order valence-corrected chi connectivity index (χ3v) is 4.05. The molecule has 1 aliphatic carbocycles. The van der Waals surface area contributed by atoms with Crippen molar-refractivity contribution in [3.8, 4) is 0 Å². The van der Waals surface area contributed by atoms with E-state index in [2.05, 4.69) is 16.5 Å². The first-order valence-electron chi connectivity index (χ1n) is 6.99. The van der Waals surface area contributed by atoms with Gasteiger partial charge in [-0.15, -0.1) is 0 Å². The molecule has 2 heterocycles. The van der Waals surface area contributed by atoms with Gasteiger partial charge >= 0.3 is 0 Å². The molecule has 3 heteroatoms. The standard InChI is InChI=1S/C14H21N3/c1-2-4-11(5-3-1)14-16-10-12-6-8-15-9-7-13(12)17-14/h10-11,15H,1-9H2. The van der Waals surface area contributed by atoms with Crippen LogP contribution in [-0.2, 0) is 12.8 Å². The van der Waals surface area contributed by atoms with E-state index < -0.39 is 0 Å². The first-order chi connectivity index (χ1) is 8.43. The monoisotopic (exact) mass is 231 g/mol. The Labute approximate surface area is 103 Å². The molecule has 3 rings (SSSR count). The number of nitrogens with one attached hydrogen (secondary N) is 1. The SMILES string of the molecule is c1nc(C2CCCCC2)nc2c1CCNCC2. The molecule has 0 unspecified atom stereocenters. The van der Waals surface area contributed by atoms with Crippen molar-refractivity contribution in [2.45, 2.75) is 50.9 Å². The molecular formula is C14H21N3. The predicted molar refractivity (Wildman–Crippen MR) is 68.1 cm³/mol. The average Bonchev–Trinajstić information content (AvgIpc) is 2.64. The Balaban J connectivity index is 1.83. The van der Waals surface area contributed by atoms with E-state index in [0.29, 0.717) is 5.92 Å². The smallest absolute Gasteiger partial charge is 0.131 e. The fourth-order valence-electron chi connectivity index (χ4n) is 3.00. The van der Waals surface area contributed by atoms with Gasteiger partial charge in [-0.2, -0.15) is 0 Å². The van der Waals surface area contributed by atoms with Crippen LogP contribution in [0.4, 0.5) is 0 Å². The summed E-state index contributed by atoms with van der Waals surface area (Å²) in [7, 11) is 0. The molecule has 0 bridgehead atoms. The number of nitrogens with zero attached hydrogens (tertiary/aromatic N) is 2. The first kappa shape index (κ1) is 11.1. The second-order valence-electron chi connectivity index (χ2n) is 5.29. The van der Waals surface area contributed by atoms with Gasteiger partial charge in [0, 0.05) is 30.8 Å². The number of hydrogen-bond donors (Lipinski definition) is 1. The summed E-state index contributed by atoms with van der Waals surface area (Å²) in [6.45, 7) is 2.13. The van der Waals surface area contributed by atoms with Gasteiger partial charge in [-0.05, 0) is 31.4 Å². The Morgan fingerprint density at radius 1 is 1.06 bits per heavy atom. The highest BCUT2D eigenvalue weighted by Gasteiger charge is 2.19.